The van der Waals surface area contributed by atoms with Gasteiger partial charge < -0.3 is 0 Å². The number of aromatic nitrogens is 1. The van der Waals surface area contributed by atoms with E-state index >= 15 is 0 Å². The molecule has 0 N–H and O–H groups in total. The van der Waals surface area contributed by atoms with Gasteiger partial charge in [0.1, 0.15) is 0 Å². The van der Waals surface area contributed by atoms with Crippen molar-refractivity contribution in [3.63, 3.8) is 0 Å². The fourth-order valence-electron chi connectivity index (χ4n) is 2.24. The van der Waals surface area contributed by atoms with E-state index in [0.29, 0.717) is 13.1 Å². The van der Waals surface area contributed by atoms with Gasteiger partial charge in [0.05, 0.1) is 6.20 Å². The summed E-state index contributed by atoms with van der Waals surface area (Å²) in [7, 11) is -3.45. The highest BCUT2D eigenvalue weighted by molar-refractivity contribution is 7.91. The van der Waals surface area contributed by atoms with Crippen LogP contribution in [0.3, 0.4) is 0 Å². The molecular weight excluding hydrogens is 350 g/mol. The van der Waals surface area contributed by atoms with Crippen molar-refractivity contribution in [2.24, 2.45) is 0 Å². The van der Waals surface area contributed by atoms with Crippen molar-refractivity contribution in [3.8, 4) is 0 Å². The molecule has 0 amide bonds. The summed E-state index contributed by atoms with van der Waals surface area (Å²) in [4.78, 5) is 7.39. The summed E-state index contributed by atoms with van der Waals surface area (Å²) in [5, 5.41) is 2.06. The molecule has 3 heterocycles. The first-order valence-electron chi connectivity index (χ1n) is 6.42. The van der Waals surface area contributed by atoms with Gasteiger partial charge in [0, 0.05) is 37.6 Å². The minimum atomic E-state index is -3.45. The SMILES string of the molecule is O=S(=O)(c1cnc(Cl)s1)N1CCN(Cc2cccs2)CC1. The fraction of sp³-hybridized carbons (Fsp3) is 0.417. The lowest BCUT2D eigenvalue weighted by Gasteiger charge is -2.33. The molecule has 1 aliphatic heterocycles. The van der Waals surface area contributed by atoms with Gasteiger partial charge in [-0.25, -0.2) is 13.4 Å². The second-order valence-corrected chi connectivity index (χ2v) is 9.50. The van der Waals surface area contributed by atoms with Crippen LogP contribution in [0.4, 0.5) is 0 Å². The first-order chi connectivity index (χ1) is 10.1. The fourth-order valence-corrected chi connectivity index (χ4v) is 5.85. The number of sulfonamides is 1. The number of rotatable bonds is 4. The van der Waals surface area contributed by atoms with Gasteiger partial charge in [-0.1, -0.05) is 29.0 Å². The summed E-state index contributed by atoms with van der Waals surface area (Å²) in [5.41, 5.74) is 0. The summed E-state index contributed by atoms with van der Waals surface area (Å²) < 4.78 is 26.9. The molecule has 2 aromatic rings. The van der Waals surface area contributed by atoms with E-state index in [1.54, 1.807) is 11.3 Å². The van der Waals surface area contributed by atoms with Crippen molar-refractivity contribution in [1.29, 1.82) is 0 Å². The summed E-state index contributed by atoms with van der Waals surface area (Å²) in [6.45, 7) is 3.37. The summed E-state index contributed by atoms with van der Waals surface area (Å²) >= 11 is 8.46. The van der Waals surface area contributed by atoms with E-state index in [-0.39, 0.29) is 8.68 Å². The zero-order valence-corrected chi connectivity index (χ0v) is 14.3. The normalized spacial score (nSPS) is 18.1. The molecular formula is C12H14ClN3O2S3. The molecule has 0 aromatic carbocycles. The zero-order chi connectivity index (χ0) is 14.9. The third-order valence-corrected chi connectivity index (χ3v) is 7.65. The van der Waals surface area contributed by atoms with E-state index in [0.717, 1.165) is 31.0 Å². The number of hydrogen-bond donors (Lipinski definition) is 0. The van der Waals surface area contributed by atoms with Crippen LogP contribution in [-0.4, -0.2) is 48.8 Å². The third-order valence-electron chi connectivity index (χ3n) is 3.34. The molecule has 1 saturated heterocycles. The second kappa shape index (κ2) is 6.31. The van der Waals surface area contributed by atoms with Gasteiger partial charge in [-0.2, -0.15) is 4.31 Å². The Bertz CT molecular complexity index is 691. The molecule has 0 saturated carbocycles. The van der Waals surface area contributed by atoms with Crippen molar-refractivity contribution < 1.29 is 8.42 Å². The Morgan fingerprint density at radius 1 is 1.29 bits per heavy atom. The van der Waals surface area contributed by atoms with Crippen molar-refractivity contribution in [1.82, 2.24) is 14.2 Å². The van der Waals surface area contributed by atoms with E-state index in [2.05, 4.69) is 21.3 Å². The van der Waals surface area contributed by atoms with Gasteiger partial charge >= 0.3 is 0 Å². The van der Waals surface area contributed by atoms with E-state index in [1.165, 1.54) is 15.4 Å². The Morgan fingerprint density at radius 3 is 2.62 bits per heavy atom. The lowest BCUT2D eigenvalue weighted by Crippen LogP contribution is -2.47. The quantitative estimate of drug-likeness (QED) is 0.836. The number of halogens is 1. The lowest BCUT2D eigenvalue weighted by molar-refractivity contribution is 0.183. The van der Waals surface area contributed by atoms with Crippen LogP contribution in [0.2, 0.25) is 4.47 Å². The van der Waals surface area contributed by atoms with Crippen molar-refractivity contribution in [3.05, 3.63) is 33.1 Å². The highest BCUT2D eigenvalue weighted by atomic mass is 35.5. The van der Waals surface area contributed by atoms with Gasteiger partial charge in [0.15, 0.2) is 8.68 Å². The molecule has 0 unspecified atom stereocenters. The minimum absolute atomic E-state index is 0.221. The first-order valence-corrected chi connectivity index (χ1v) is 9.93. The van der Waals surface area contributed by atoms with Crippen LogP contribution in [-0.2, 0) is 16.6 Å². The van der Waals surface area contributed by atoms with Crippen LogP contribution in [0.5, 0.6) is 0 Å². The predicted molar refractivity (Wildman–Crippen MR) is 85.5 cm³/mol. The van der Waals surface area contributed by atoms with E-state index in [4.69, 9.17) is 11.6 Å². The molecule has 0 spiro atoms. The molecule has 114 valence electrons. The maximum absolute atomic E-state index is 12.4. The van der Waals surface area contributed by atoms with Gasteiger partial charge in [-0.05, 0) is 11.4 Å². The number of thiophene rings is 1. The summed E-state index contributed by atoms with van der Waals surface area (Å²) in [6, 6.07) is 4.14. The summed E-state index contributed by atoms with van der Waals surface area (Å²) in [6.07, 6.45) is 1.33. The van der Waals surface area contributed by atoms with Crippen LogP contribution in [0, 0.1) is 0 Å². The molecule has 0 radical (unpaired) electrons. The van der Waals surface area contributed by atoms with Gasteiger partial charge in [-0.15, -0.1) is 11.3 Å². The van der Waals surface area contributed by atoms with Crippen LogP contribution in [0.15, 0.2) is 27.9 Å². The van der Waals surface area contributed by atoms with Crippen LogP contribution in [0.1, 0.15) is 4.88 Å². The standard InChI is InChI=1S/C12H14ClN3O2S3/c13-12-14-8-11(20-12)21(17,18)16-5-3-15(4-6-16)9-10-2-1-7-19-10/h1-2,7-8H,3-6,9H2. The Kier molecular flexibility index (Phi) is 4.63. The highest BCUT2D eigenvalue weighted by Crippen LogP contribution is 2.26. The Labute approximate surface area is 136 Å². The molecule has 9 heteroatoms. The van der Waals surface area contributed by atoms with Crippen molar-refractivity contribution in [2.45, 2.75) is 10.8 Å². The van der Waals surface area contributed by atoms with Crippen LogP contribution >= 0.6 is 34.3 Å². The Morgan fingerprint density at radius 2 is 2.05 bits per heavy atom. The molecule has 0 aliphatic carbocycles. The average molecular weight is 364 g/mol. The number of thiazole rings is 1. The van der Waals surface area contributed by atoms with E-state index in [9.17, 15) is 8.42 Å². The molecule has 0 bridgehead atoms. The maximum atomic E-state index is 12.4. The highest BCUT2D eigenvalue weighted by Gasteiger charge is 2.30. The molecule has 0 atom stereocenters. The minimum Gasteiger partial charge on any atom is -0.296 e. The Balaban J connectivity index is 1.63. The number of hydrogen-bond acceptors (Lipinski definition) is 6. The lowest BCUT2D eigenvalue weighted by atomic mass is 10.3. The second-order valence-electron chi connectivity index (χ2n) is 4.69. The van der Waals surface area contributed by atoms with E-state index in [1.807, 2.05) is 6.07 Å². The van der Waals surface area contributed by atoms with Crippen molar-refractivity contribution in [2.75, 3.05) is 26.2 Å². The smallest absolute Gasteiger partial charge is 0.254 e. The Hall–Kier alpha value is -0.510. The monoisotopic (exact) mass is 363 g/mol. The van der Waals surface area contributed by atoms with Crippen molar-refractivity contribution >= 4 is 44.3 Å². The maximum Gasteiger partial charge on any atom is 0.254 e. The molecule has 5 nitrogen and oxygen atoms in total. The van der Waals surface area contributed by atoms with Gasteiger partial charge in [0.25, 0.3) is 10.0 Å². The largest absolute Gasteiger partial charge is 0.296 e. The molecule has 21 heavy (non-hydrogen) atoms. The predicted octanol–water partition coefficient (Wildman–Crippen LogP) is 2.36. The average Bonchev–Trinajstić information content (AvgIpc) is 3.11. The first kappa shape index (κ1) is 15.4. The summed E-state index contributed by atoms with van der Waals surface area (Å²) in [5.74, 6) is 0. The molecule has 2 aromatic heterocycles. The zero-order valence-electron chi connectivity index (χ0n) is 11.1. The number of nitrogens with zero attached hydrogens (tertiary/aromatic N) is 3. The molecule has 3 rings (SSSR count). The van der Waals surface area contributed by atoms with Gasteiger partial charge in [-0.3, -0.25) is 4.90 Å². The van der Waals surface area contributed by atoms with Gasteiger partial charge in [0.2, 0.25) is 0 Å². The van der Waals surface area contributed by atoms with Crippen LogP contribution < -0.4 is 0 Å². The topological polar surface area (TPSA) is 53.5 Å². The molecule has 1 aliphatic rings. The molecule has 1 fully saturated rings. The van der Waals surface area contributed by atoms with Crippen LogP contribution in [0.25, 0.3) is 0 Å². The third kappa shape index (κ3) is 3.46. The van der Waals surface area contributed by atoms with E-state index < -0.39 is 10.0 Å². The number of piperazine rings is 1.